The van der Waals surface area contributed by atoms with Gasteiger partial charge in [-0.05, 0) is 88.7 Å². The number of aromatic nitrogens is 4. The molecule has 4 aliphatic rings. The molecular weight excluding hydrogens is 744 g/mol. The van der Waals surface area contributed by atoms with Crippen LogP contribution in [-0.2, 0) is 4.79 Å². The topological polar surface area (TPSA) is 159 Å². The normalized spacial score (nSPS) is 21.5. The minimum absolute atomic E-state index is 0.0287. The molecule has 8 rings (SSSR count). The standard InChI is InChI=1S/C41H49ClN12O3/c1-27-26-53(28(2)25-52(27)33-5-3-30(20-43)35(42)19-33)40(56)47-31-4-6-38(45-21-31)50-16-8-29(9-17-50)7-13-49-14-10-32(11-15-49)54-37-24-44-23-36(34(37)22-46-54)51-18-12-39(55)48-41(51)57/h3-6,19,21-24,27-29,32H,7-18,25-26H2,1-2H3,(H,47,56)(H,48,55,57)/t27-,28+/m1/s1. The number of nitrogens with one attached hydrogen (secondary N) is 2. The van der Waals surface area contributed by atoms with Crippen LogP contribution in [0.4, 0.5) is 32.5 Å². The molecule has 3 aromatic heterocycles. The number of pyridine rings is 2. The number of piperidine rings is 2. The molecule has 0 aliphatic carbocycles. The second-order valence-electron chi connectivity index (χ2n) is 15.8. The molecule has 2 N–H and O–H groups in total. The maximum Gasteiger partial charge on any atom is 0.328 e. The number of likely N-dealkylation sites (tertiary alicyclic amines) is 1. The lowest BCUT2D eigenvalue weighted by molar-refractivity contribution is -0.120. The third-order valence-corrected chi connectivity index (χ3v) is 12.5. The number of fused-ring (bicyclic) bond motifs is 1. The van der Waals surface area contributed by atoms with Crippen LogP contribution in [0.25, 0.3) is 10.9 Å². The Kier molecular flexibility index (Phi) is 11.2. The number of urea groups is 2. The molecule has 15 nitrogen and oxygen atoms in total. The van der Waals surface area contributed by atoms with Gasteiger partial charge in [-0.25, -0.2) is 14.6 Å². The van der Waals surface area contributed by atoms with E-state index in [4.69, 9.17) is 21.7 Å². The second kappa shape index (κ2) is 16.6. The molecule has 4 aromatic rings. The van der Waals surface area contributed by atoms with Gasteiger partial charge in [0.2, 0.25) is 5.91 Å². The summed E-state index contributed by atoms with van der Waals surface area (Å²) in [5.74, 6) is 1.36. The lowest BCUT2D eigenvalue weighted by atomic mass is 9.93. The zero-order valence-corrected chi connectivity index (χ0v) is 33.2. The number of hydrogen-bond donors (Lipinski definition) is 2. The number of nitrogens with zero attached hydrogens (tertiary/aromatic N) is 10. The zero-order chi connectivity index (χ0) is 39.6. The van der Waals surface area contributed by atoms with E-state index in [1.165, 1.54) is 6.42 Å². The fourth-order valence-electron chi connectivity index (χ4n) is 8.83. The summed E-state index contributed by atoms with van der Waals surface area (Å²) in [4.78, 5) is 57.3. The molecule has 298 valence electrons. The molecule has 0 bridgehead atoms. The number of carbonyl (C=O) groups is 3. The van der Waals surface area contributed by atoms with E-state index in [0.29, 0.717) is 47.5 Å². The van der Waals surface area contributed by atoms with Crippen LogP contribution in [0.3, 0.4) is 0 Å². The molecule has 2 atom stereocenters. The summed E-state index contributed by atoms with van der Waals surface area (Å²) < 4.78 is 2.07. The van der Waals surface area contributed by atoms with Crippen molar-refractivity contribution < 1.29 is 14.4 Å². The summed E-state index contributed by atoms with van der Waals surface area (Å²) in [7, 11) is 0. The number of anilines is 4. The molecule has 57 heavy (non-hydrogen) atoms. The molecule has 0 unspecified atom stereocenters. The highest BCUT2D eigenvalue weighted by Gasteiger charge is 2.33. The number of nitriles is 1. The van der Waals surface area contributed by atoms with Gasteiger partial charge in [0.15, 0.2) is 0 Å². The van der Waals surface area contributed by atoms with Crippen molar-refractivity contribution in [2.75, 3.05) is 72.4 Å². The Morgan fingerprint density at radius 1 is 0.965 bits per heavy atom. The van der Waals surface area contributed by atoms with Gasteiger partial charge in [0.05, 0.1) is 58.3 Å². The van der Waals surface area contributed by atoms with Crippen molar-refractivity contribution in [1.82, 2.24) is 34.9 Å². The van der Waals surface area contributed by atoms with Crippen LogP contribution in [0.5, 0.6) is 0 Å². The van der Waals surface area contributed by atoms with Crippen LogP contribution in [0.1, 0.15) is 64.0 Å². The molecule has 4 aliphatic heterocycles. The summed E-state index contributed by atoms with van der Waals surface area (Å²) in [6.45, 7) is 10.7. The van der Waals surface area contributed by atoms with E-state index >= 15 is 0 Å². The lowest BCUT2D eigenvalue weighted by Crippen LogP contribution is -2.59. The molecule has 4 saturated heterocycles. The Hall–Kier alpha value is -5.46. The number of benzene rings is 1. The Balaban J connectivity index is 0.767. The largest absolute Gasteiger partial charge is 0.365 e. The average Bonchev–Trinajstić information content (AvgIpc) is 3.66. The Labute approximate surface area is 337 Å². The Morgan fingerprint density at radius 3 is 2.49 bits per heavy atom. The van der Waals surface area contributed by atoms with Crippen molar-refractivity contribution >= 4 is 63.4 Å². The average molecular weight is 793 g/mol. The third kappa shape index (κ3) is 8.20. The summed E-state index contributed by atoms with van der Waals surface area (Å²) in [5, 5.41) is 20.7. The summed E-state index contributed by atoms with van der Waals surface area (Å²) in [6.07, 6.45) is 12.8. The van der Waals surface area contributed by atoms with Crippen LogP contribution in [0, 0.1) is 17.2 Å². The molecule has 0 saturated carbocycles. The smallest absolute Gasteiger partial charge is 0.328 e. The predicted molar refractivity (Wildman–Crippen MR) is 220 cm³/mol. The number of carbonyl (C=O) groups excluding carboxylic acids is 3. The van der Waals surface area contributed by atoms with E-state index in [-0.39, 0.29) is 36.5 Å². The van der Waals surface area contributed by atoms with Gasteiger partial charge in [0.25, 0.3) is 0 Å². The minimum atomic E-state index is -0.415. The molecule has 0 radical (unpaired) electrons. The van der Waals surface area contributed by atoms with Crippen molar-refractivity contribution in [3.05, 3.63) is 65.7 Å². The van der Waals surface area contributed by atoms with Crippen molar-refractivity contribution in [3.8, 4) is 6.07 Å². The molecule has 16 heteroatoms. The van der Waals surface area contributed by atoms with Gasteiger partial charge < -0.3 is 24.9 Å². The number of amides is 5. The Bertz CT molecular complexity index is 2160. The molecule has 1 aromatic carbocycles. The minimum Gasteiger partial charge on any atom is -0.365 e. The first kappa shape index (κ1) is 38.4. The van der Waals surface area contributed by atoms with E-state index < -0.39 is 6.03 Å². The van der Waals surface area contributed by atoms with Crippen LogP contribution in [0.15, 0.2) is 55.1 Å². The van der Waals surface area contributed by atoms with Gasteiger partial charge in [-0.2, -0.15) is 10.4 Å². The SMILES string of the molecule is C[C@@H]1CN(C(=O)Nc2ccc(N3CCC(CCN4CCC(n5ncc6c(N7CCC(=O)NC7=O)cncc65)CC4)CC3)nc2)[C@@H](C)CN1c1ccc(C#N)c(Cl)c1. The number of rotatable bonds is 8. The fourth-order valence-corrected chi connectivity index (χ4v) is 9.05. The maximum atomic E-state index is 13.4. The van der Waals surface area contributed by atoms with Crippen LogP contribution in [-0.4, -0.2) is 112 Å². The van der Waals surface area contributed by atoms with Crippen molar-refractivity contribution in [2.24, 2.45) is 5.92 Å². The lowest BCUT2D eigenvalue weighted by Gasteiger charge is -2.45. The van der Waals surface area contributed by atoms with E-state index in [0.717, 1.165) is 80.8 Å². The number of hydrogen-bond acceptors (Lipinski definition) is 10. The van der Waals surface area contributed by atoms with E-state index in [1.807, 2.05) is 48.5 Å². The van der Waals surface area contributed by atoms with Gasteiger partial charge in [-0.1, -0.05) is 11.6 Å². The molecule has 4 fully saturated rings. The zero-order valence-electron chi connectivity index (χ0n) is 32.5. The molecule has 7 heterocycles. The van der Waals surface area contributed by atoms with Gasteiger partial charge in [0, 0.05) is 75.4 Å². The second-order valence-corrected chi connectivity index (χ2v) is 16.2. The summed E-state index contributed by atoms with van der Waals surface area (Å²) in [6, 6.07) is 11.3. The highest BCUT2D eigenvalue weighted by molar-refractivity contribution is 6.32. The van der Waals surface area contributed by atoms with E-state index in [1.54, 1.807) is 23.4 Å². The van der Waals surface area contributed by atoms with Crippen molar-refractivity contribution in [3.63, 3.8) is 0 Å². The van der Waals surface area contributed by atoms with Crippen LogP contribution in [0.2, 0.25) is 5.02 Å². The van der Waals surface area contributed by atoms with Gasteiger partial charge >= 0.3 is 12.1 Å². The van der Waals surface area contributed by atoms with Gasteiger partial charge in [-0.3, -0.25) is 24.7 Å². The first-order valence-corrected chi connectivity index (χ1v) is 20.4. The highest BCUT2D eigenvalue weighted by atomic mass is 35.5. The van der Waals surface area contributed by atoms with Crippen LogP contribution >= 0.6 is 11.6 Å². The highest BCUT2D eigenvalue weighted by Crippen LogP contribution is 2.33. The van der Waals surface area contributed by atoms with E-state index in [9.17, 15) is 19.6 Å². The number of imide groups is 1. The summed E-state index contributed by atoms with van der Waals surface area (Å²) >= 11 is 6.31. The first-order chi connectivity index (χ1) is 27.6. The maximum absolute atomic E-state index is 13.4. The van der Waals surface area contributed by atoms with Gasteiger partial charge in [-0.15, -0.1) is 0 Å². The van der Waals surface area contributed by atoms with Gasteiger partial charge in [0.1, 0.15) is 11.9 Å². The quantitative estimate of drug-likeness (QED) is 0.221. The third-order valence-electron chi connectivity index (χ3n) is 12.2. The van der Waals surface area contributed by atoms with Crippen molar-refractivity contribution in [1.29, 1.82) is 5.26 Å². The van der Waals surface area contributed by atoms with Crippen molar-refractivity contribution in [2.45, 2.75) is 70.5 Å². The Morgan fingerprint density at radius 2 is 1.77 bits per heavy atom. The molecular formula is C41H49ClN12O3. The number of halogens is 1. The molecule has 5 amide bonds. The monoisotopic (exact) mass is 792 g/mol. The van der Waals surface area contributed by atoms with E-state index in [2.05, 4.69) is 48.0 Å². The summed E-state index contributed by atoms with van der Waals surface area (Å²) in [5.41, 5.74) is 3.68. The fraction of sp³-hybridized carbons (Fsp3) is 0.488. The number of piperazine rings is 1. The predicted octanol–water partition coefficient (Wildman–Crippen LogP) is 5.87. The molecule has 0 spiro atoms. The first-order valence-electron chi connectivity index (χ1n) is 20.0. The van der Waals surface area contributed by atoms with Crippen LogP contribution < -0.4 is 25.3 Å².